The summed E-state index contributed by atoms with van der Waals surface area (Å²) in [6.07, 6.45) is 0. The van der Waals surface area contributed by atoms with Gasteiger partial charge in [-0.3, -0.25) is 14.9 Å². The second-order valence-corrected chi connectivity index (χ2v) is 4.33. The fraction of sp³-hybridized carbons (Fsp3) is 0.417. The van der Waals surface area contributed by atoms with E-state index < -0.39 is 16.4 Å². The highest BCUT2D eigenvalue weighted by molar-refractivity contribution is 5.84. The third-order valence-electron chi connectivity index (χ3n) is 2.98. The number of nitrogens with two attached hydrogens (primary N) is 1. The number of nitro groups is 1. The third kappa shape index (κ3) is 3.35. The van der Waals surface area contributed by atoms with Gasteiger partial charge in [-0.1, -0.05) is 0 Å². The second-order valence-electron chi connectivity index (χ2n) is 4.33. The van der Waals surface area contributed by atoms with Crippen molar-refractivity contribution in [1.29, 1.82) is 0 Å². The van der Waals surface area contributed by atoms with Crippen molar-refractivity contribution in [3.63, 3.8) is 0 Å². The number of primary amides is 1. The molecular formula is C12H17N3O5. The first-order valence-corrected chi connectivity index (χ1v) is 5.78. The molecule has 20 heavy (non-hydrogen) atoms. The highest BCUT2D eigenvalue weighted by atomic mass is 16.6. The second kappa shape index (κ2) is 6.20. The lowest BCUT2D eigenvalue weighted by Gasteiger charge is -2.25. The maximum Gasteiger partial charge on any atom is 0.311 e. The Labute approximate surface area is 116 Å². The lowest BCUT2D eigenvalue weighted by atomic mass is 10.0. The molecule has 0 aromatic heterocycles. The molecule has 1 atom stereocenters. The molecule has 110 valence electrons. The van der Waals surface area contributed by atoms with Crippen molar-refractivity contribution in [2.45, 2.75) is 12.5 Å². The van der Waals surface area contributed by atoms with Gasteiger partial charge >= 0.3 is 5.69 Å². The Bertz CT molecular complexity index is 520. The molecule has 0 saturated heterocycles. The van der Waals surface area contributed by atoms with Crippen LogP contribution in [0.2, 0.25) is 0 Å². The molecule has 0 saturated carbocycles. The molecule has 0 bridgehead atoms. The van der Waals surface area contributed by atoms with Gasteiger partial charge in [0.2, 0.25) is 11.7 Å². The zero-order valence-electron chi connectivity index (χ0n) is 11.5. The molecule has 1 unspecified atom stereocenters. The highest BCUT2D eigenvalue weighted by Crippen LogP contribution is 2.31. The van der Waals surface area contributed by atoms with Crippen LogP contribution >= 0.6 is 0 Å². The van der Waals surface area contributed by atoms with E-state index in [4.69, 9.17) is 15.2 Å². The SMILES string of the molecule is CNC(C)(COc1cc(OC)ccc1[N+](=O)[O-])C(N)=O. The Morgan fingerprint density at radius 1 is 1.55 bits per heavy atom. The maximum atomic E-state index is 11.3. The van der Waals surface area contributed by atoms with Gasteiger partial charge in [0, 0.05) is 12.1 Å². The molecule has 1 aromatic carbocycles. The molecule has 3 N–H and O–H groups in total. The first-order chi connectivity index (χ1) is 9.34. The molecule has 8 heteroatoms. The Balaban J connectivity index is 3.01. The number of benzene rings is 1. The van der Waals surface area contributed by atoms with Crippen LogP contribution in [0.15, 0.2) is 18.2 Å². The van der Waals surface area contributed by atoms with Gasteiger partial charge in [-0.2, -0.15) is 0 Å². The van der Waals surface area contributed by atoms with E-state index >= 15 is 0 Å². The first-order valence-electron chi connectivity index (χ1n) is 5.78. The van der Waals surface area contributed by atoms with E-state index in [9.17, 15) is 14.9 Å². The fourth-order valence-corrected chi connectivity index (χ4v) is 1.38. The van der Waals surface area contributed by atoms with Crippen LogP contribution < -0.4 is 20.5 Å². The molecular weight excluding hydrogens is 266 g/mol. The zero-order valence-corrected chi connectivity index (χ0v) is 11.5. The summed E-state index contributed by atoms with van der Waals surface area (Å²) in [5.74, 6) is -0.196. The van der Waals surface area contributed by atoms with Gasteiger partial charge in [0.15, 0.2) is 0 Å². The average Bonchev–Trinajstić information content (AvgIpc) is 2.43. The monoisotopic (exact) mass is 283 g/mol. The van der Waals surface area contributed by atoms with Gasteiger partial charge in [-0.05, 0) is 20.0 Å². The molecule has 1 amide bonds. The van der Waals surface area contributed by atoms with Gasteiger partial charge < -0.3 is 20.5 Å². The van der Waals surface area contributed by atoms with Crippen LogP contribution in [0.1, 0.15) is 6.92 Å². The van der Waals surface area contributed by atoms with E-state index in [-0.39, 0.29) is 18.0 Å². The highest BCUT2D eigenvalue weighted by Gasteiger charge is 2.31. The molecule has 0 fully saturated rings. The predicted molar refractivity (Wildman–Crippen MR) is 71.8 cm³/mol. The summed E-state index contributed by atoms with van der Waals surface area (Å²) in [5, 5.41) is 13.7. The minimum Gasteiger partial charge on any atom is -0.497 e. The van der Waals surface area contributed by atoms with Gasteiger partial charge in [0.25, 0.3) is 0 Å². The molecule has 1 rings (SSSR count). The minimum atomic E-state index is -1.13. The predicted octanol–water partition coefficient (Wildman–Crippen LogP) is 0.446. The van der Waals surface area contributed by atoms with Crippen molar-refractivity contribution in [3.05, 3.63) is 28.3 Å². The summed E-state index contributed by atoms with van der Waals surface area (Å²) in [6.45, 7) is 1.40. The third-order valence-corrected chi connectivity index (χ3v) is 2.98. The molecule has 0 aliphatic rings. The zero-order chi connectivity index (χ0) is 15.3. The standard InChI is InChI=1S/C12H17N3O5/c1-12(14-2,11(13)16)7-20-10-6-8(19-3)4-5-9(10)15(17)18/h4-6,14H,7H2,1-3H3,(H2,13,16). The average molecular weight is 283 g/mol. The van der Waals surface area contributed by atoms with Gasteiger partial charge in [-0.25, -0.2) is 0 Å². The van der Waals surface area contributed by atoms with Crippen molar-refractivity contribution in [2.75, 3.05) is 20.8 Å². The summed E-state index contributed by atoms with van der Waals surface area (Å²) in [7, 11) is 2.99. The molecule has 0 aliphatic carbocycles. The number of nitro benzene ring substituents is 1. The van der Waals surface area contributed by atoms with E-state index in [1.807, 2.05) is 0 Å². The summed E-state index contributed by atoms with van der Waals surface area (Å²) in [6, 6.07) is 4.11. The summed E-state index contributed by atoms with van der Waals surface area (Å²) in [5.41, 5.74) is 3.92. The van der Waals surface area contributed by atoms with E-state index in [0.29, 0.717) is 5.75 Å². The van der Waals surface area contributed by atoms with Crippen molar-refractivity contribution >= 4 is 11.6 Å². The van der Waals surface area contributed by atoms with Crippen LogP contribution in [0.25, 0.3) is 0 Å². The topological polar surface area (TPSA) is 117 Å². The van der Waals surface area contributed by atoms with E-state index in [1.54, 1.807) is 14.0 Å². The Kier molecular flexibility index (Phi) is 4.87. The normalized spacial score (nSPS) is 13.3. The van der Waals surface area contributed by atoms with Crippen molar-refractivity contribution < 1.29 is 19.2 Å². The number of hydrogen-bond acceptors (Lipinski definition) is 6. The lowest BCUT2D eigenvalue weighted by molar-refractivity contribution is -0.385. The van der Waals surface area contributed by atoms with Crippen LogP contribution in [0.4, 0.5) is 5.69 Å². The lowest BCUT2D eigenvalue weighted by Crippen LogP contribution is -2.55. The van der Waals surface area contributed by atoms with Crippen molar-refractivity contribution in [1.82, 2.24) is 5.32 Å². The number of likely N-dealkylation sites (N-methyl/N-ethyl adjacent to an activating group) is 1. The van der Waals surface area contributed by atoms with E-state index in [2.05, 4.69) is 5.32 Å². The van der Waals surface area contributed by atoms with E-state index in [0.717, 1.165) is 0 Å². The van der Waals surface area contributed by atoms with Crippen molar-refractivity contribution in [2.24, 2.45) is 5.73 Å². The number of ether oxygens (including phenoxy) is 2. The number of rotatable bonds is 7. The maximum absolute atomic E-state index is 11.3. The van der Waals surface area contributed by atoms with Crippen LogP contribution in [0, 0.1) is 10.1 Å². The van der Waals surface area contributed by atoms with Gasteiger partial charge in [0.1, 0.15) is 17.9 Å². The van der Waals surface area contributed by atoms with Crippen LogP contribution in [-0.2, 0) is 4.79 Å². The molecule has 0 aliphatic heterocycles. The number of nitrogens with one attached hydrogen (secondary N) is 1. The molecule has 0 spiro atoms. The molecule has 1 aromatic rings. The quantitative estimate of drug-likeness (QED) is 0.554. The summed E-state index contributed by atoms with van der Waals surface area (Å²) >= 11 is 0. The van der Waals surface area contributed by atoms with Crippen molar-refractivity contribution in [3.8, 4) is 11.5 Å². The van der Waals surface area contributed by atoms with Crippen LogP contribution in [0.3, 0.4) is 0 Å². The van der Waals surface area contributed by atoms with Crippen LogP contribution in [-0.4, -0.2) is 37.1 Å². The number of carbonyl (C=O) groups excluding carboxylic acids is 1. The molecule has 8 nitrogen and oxygen atoms in total. The fourth-order valence-electron chi connectivity index (χ4n) is 1.38. The Morgan fingerprint density at radius 3 is 2.65 bits per heavy atom. The first kappa shape index (κ1) is 15.7. The number of nitrogens with zero attached hydrogens (tertiary/aromatic N) is 1. The van der Waals surface area contributed by atoms with E-state index in [1.165, 1.54) is 25.3 Å². The smallest absolute Gasteiger partial charge is 0.311 e. The Hall–Kier alpha value is -2.35. The number of carbonyl (C=O) groups is 1. The van der Waals surface area contributed by atoms with Gasteiger partial charge in [-0.15, -0.1) is 0 Å². The molecule has 0 radical (unpaired) electrons. The number of amides is 1. The minimum absolute atomic E-state index is 0.0112. The largest absolute Gasteiger partial charge is 0.497 e. The Morgan fingerprint density at radius 2 is 2.20 bits per heavy atom. The number of hydrogen-bond donors (Lipinski definition) is 2. The van der Waals surface area contributed by atoms with Crippen LogP contribution in [0.5, 0.6) is 11.5 Å². The summed E-state index contributed by atoms with van der Waals surface area (Å²) in [4.78, 5) is 21.7. The summed E-state index contributed by atoms with van der Waals surface area (Å²) < 4.78 is 10.4. The number of methoxy groups -OCH3 is 1. The van der Waals surface area contributed by atoms with Gasteiger partial charge in [0.05, 0.1) is 12.0 Å². The molecule has 0 heterocycles.